The summed E-state index contributed by atoms with van der Waals surface area (Å²) in [6, 6.07) is 9.94. The molecule has 1 N–H and O–H groups in total. The number of rotatable bonds is 3. The van der Waals surface area contributed by atoms with Crippen molar-refractivity contribution in [1.29, 1.82) is 0 Å². The fourth-order valence-electron chi connectivity index (χ4n) is 4.46. The van der Waals surface area contributed by atoms with Gasteiger partial charge in [0.25, 0.3) is 0 Å². The van der Waals surface area contributed by atoms with E-state index < -0.39 is 23.5 Å². The number of ketones is 1. The highest BCUT2D eigenvalue weighted by Gasteiger charge is 2.55. The van der Waals surface area contributed by atoms with Crippen LogP contribution in [0.3, 0.4) is 0 Å². The molecule has 2 aromatic rings. The second-order valence-corrected chi connectivity index (χ2v) is 8.26. The number of aryl methyl sites for hydroxylation is 1. The van der Waals surface area contributed by atoms with E-state index in [1.165, 1.54) is 6.07 Å². The normalized spacial score (nSPS) is 20.7. The van der Waals surface area contributed by atoms with Crippen LogP contribution in [-0.2, 0) is 14.3 Å². The van der Waals surface area contributed by atoms with Gasteiger partial charge in [0.05, 0.1) is 5.56 Å². The minimum atomic E-state index is -1.02. The molecular formula is C23H21ClO5. The quantitative estimate of drug-likeness (QED) is 0.571. The molecule has 0 bridgehead atoms. The van der Waals surface area contributed by atoms with E-state index in [1.807, 2.05) is 6.92 Å². The Hall–Kier alpha value is -2.66. The van der Waals surface area contributed by atoms with Crippen LogP contribution >= 0.6 is 11.6 Å². The van der Waals surface area contributed by atoms with Crippen LogP contribution in [0.5, 0.6) is 0 Å². The number of halogens is 1. The number of aromatic carboxylic acids is 1. The Balaban J connectivity index is 1.73. The molecule has 1 atom stereocenters. The molecule has 0 aromatic heterocycles. The number of carbonyl (C=O) groups excluding carboxylic acids is 2. The zero-order chi connectivity index (χ0) is 20.8. The molecule has 2 fully saturated rings. The molecule has 6 heteroatoms. The first-order chi connectivity index (χ1) is 13.8. The summed E-state index contributed by atoms with van der Waals surface area (Å²) >= 11 is 6.51. The lowest BCUT2D eigenvalue weighted by Gasteiger charge is -2.29. The fraction of sp³-hybridized carbons (Fsp3) is 0.348. The largest absolute Gasteiger partial charge is 0.478 e. The Morgan fingerprint density at radius 1 is 1.14 bits per heavy atom. The highest BCUT2D eigenvalue weighted by atomic mass is 35.5. The Morgan fingerprint density at radius 2 is 1.86 bits per heavy atom. The molecule has 1 heterocycles. The first-order valence-electron chi connectivity index (χ1n) is 9.73. The van der Waals surface area contributed by atoms with Crippen molar-refractivity contribution in [2.45, 2.75) is 50.5 Å². The Labute approximate surface area is 173 Å². The van der Waals surface area contributed by atoms with Gasteiger partial charge >= 0.3 is 11.9 Å². The van der Waals surface area contributed by atoms with E-state index in [-0.39, 0.29) is 11.3 Å². The number of esters is 1. The van der Waals surface area contributed by atoms with Crippen LogP contribution in [0.1, 0.15) is 59.5 Å². The smallest absolute Gasteiger partial charge is 0.335 e. The first-order valence-corrected chi connectivity index (χ1v) is 10.1. The second-order valence-electron chi connectivity index (χ2n) is 7.85. The molecule has 1 aliphatic carbocycles. The molecule has 4 rings (SSSR count). The molecule has 1 saturated carbocycles. The van der Waals surface area contributed by atoms with Crippen molar-refractivity contribution < 1.29 is 24.2 Å². The third-order valence-corrected chi connectivity index (χ3v) is 6.30. The molecule has 1 saturated heterocycles. The maximum atomic E-state index is 13.2. The van der Waals surface area contributed by atoms with Crippen LogP contribution in [0.4, 0.5) is 0 Å². The van der Waals surface area contributed by atoms with E-state index >= 15 is 0 Å². The van der Waals surface area contributed by atoms with Crippen LogP contribution in [0, 0.1) is 6.92 Å². The number of carboxylic acid groups (broad SMARTS) is 1. The molecule has 150 valence electrons. The van der Waals surface area contributed by atoms with Gasteiger partial charge in [0, 0.05) is 10.6 Å². The standard InChI is InChI=1S/C23H21ClO5/c1-13-10-17(14-6-5-7-15(11-14)21(26)27)18(24)12-16(13)19-20(25)23(29-22(19)28)8-3-2-4-9-23/h5-7,10-12,19H,2-4,8-9H2,1H3,(H,26,27). The number of ether oxygens (including phenoxy) is 1. The van der Waals surface area contributed by atoms with Gasteiger partial charge in [-0.3, -0.25) is 9.59 Å². The van der Waals surface area contributed by atoms with Crippen molar-refractivity contribution in [2.24, 2.45) is 0 Å². The average molecular weight is 413 g/mol. The van der Waals surface area contributed by atoms with Gasteiger partial charge in [-0.15, -0.1) is 0 Å². The van der Waals surface area contributed by atoms with Gasteiger partial charge in [-0.05, 0) is 73.6 Å². The van der Waals surface area contributed by atoms with Crippen molar-refractivity contribution >= 4 is 29.3 Å². The summed E-state index contributed by atoms with van der Waals surface area (Å²) in [7, 11) is 0. The molecular weight excluding hydrogens is 392 g/mol. The van der Waals surface area contributed by atoms with E-state index in [1.54, 1.807) is 30.3 Å². The lowest BCUT2D eigenvalue weighted by molar-refractivity contribution is -0.154. The van der Waals surface area contributed by atoms with Crippen molar-refractivity contribution in [3.8, 4) is 11.1 Å². The van der Waals surface area contributed by atoms with E-state index in [0.29, 0.717) is 34.6 Å². The zero-order valence-corrected chi connectivity index (χ0v) is 16.8. The van der Waals surface area contributed by atoms with Gasteiger partial charge in [-0.1, -0.05) is 30.2 Å². The molecule has 1 aliphatic heterocycles. The van der Waals surface area contributed by atoms with Gasteiger partial charge in [-0.25, -0.2) is 4.79 Å². The molecule has 5 nitrogen and oxygen atoms in total. The summed E-state index contributed by atoms with van der Waals surface area (Å²) in [5.74, 6) is -2.64. The minimum Gasteiger partial charge on any atom is -0.478 e. The molecule has 1 spiro atoms. The molecule has 1 unspecified atom stereocenters. The van der Waals surface area contributed by atoms with Crippen LogP contribution in [-0.4, -0.2) is 28.4 Å². The van der Waals surface area contributed by atoms with Crippen LogP contribution < -0.4 is 0 Å². The van der Waals surface area contributed by atoms with Crippen LogP contribution in [0.2, 0.25) is 5.02 Å². The Morgan fingerprint density at radius 3 is 2.55 bits per heavy atom. The van der Waals surface area contributed by atoms with Gasteiger partial charge in [0.2, 0.25) is 0 Å². The van der Waals surface area contributed by atoms with Gasteiger partial charge in [-0.2, -0.15) is 0 Å². The average Bonchev–Trinajstić information content (AvgIpc) is 2.93. The highest BCUT2D eigenvalue weighted by molar-refractivity contribution is 6.33. The highest BCUT2D eigenvalue weighted by Crippen LogP contribution is 2.45. The van der Waals surface area contributed by atoms with Gasteiger partial charge in [0.1, 0.15) is 5.92 Å². The van der Waals surface area contributed by atoms with Crippen molar-refractivity contribution in [2.75, 3.05) is 0 Å². The molecule has 2 aromatic carbocycles. The summed E-state index contributed by atoms with van der Waals surface area (Å²) in [6.07, 6.45) is 3.97. The number of carbonyl (C=O) groups is 3. The molecule has 0 radical (unpaired) electrons. The third kappa shape index (κ3) is 3.33. The molecule has 2 aliphatic rings. The summed E-state index contributed by atoms with van der Waals surface area (Å²) in [5.41, 5.74) is 1.80. The summed E-state index contributed by atoms with van der Waals surface area (Å²) in [6.45, 7) is 1.82. The van der Waals surface area contributed by atoms with E-state index in [2.05, 4.69) is 0 Å². The topological polar surface area (TPSA) is 80.7 Å². The summed E-state index contributed by atoms with van der Waals surface area (Å²) in [5, 5.41) is 9.58. The second kappa shape index (κ2) is 7.30. The van der Waals surface area contributed by atoms with Crippen LogP contribution in [0.25, 0.3) is 11.1 Å². The van der Waals surface area contributed by atoms with E-state index in [9.17, 15) is 19.5 Å². The predicted octanol–water partition coefficient (Wildman–Crippen LogP) is 4.93. The fourth-order valence-corrected chi connectivity index (χ4v) is 4.74. The number of carboxylic acids is 1. The maximum Gasteiger partial charge on any atom is 0.335 e. The molecule has 29 heavy (non-hydrogen) atoms. The first kappa shape index (κ1) is 19.6. The third-order valence-electron chi connectivity index (χ3n) is 5.99. The number of Topliss-reactive ketones (excluding diaryl/α,β-unsaturated/α-hetero) is 1. The molecule has 0 amide bonds. The van der Waals surface area contributed by atoms with Gasteiger partial charge < -0.3 is 9.84 Å². The Bertz CT molecular complexity index is 1020. The number of hydrogen-bond donors (Lipinski definition) is 1. The van der Waals surface area contributed by atoms with Crippen molar-refractivity contribution in [3.63, 3.8) is 0 Å². The minimum absolute atomic E-state index is 0.161. The van der Waals surface area contributed by atoms with Gasteiger partial charge in [0.15, 0.2) is 11.4 Å². The van der Waals surface area contributed by atoms with Crippen LogP contribution in [0.15, 0.2) is 36.4 Å². The predicted molar refractivity (Wildman–Crippen MR) is 108 cm³/mol. The maximum absolute atomic E-state index is 13.2. The zero-order valence-electron chi connectivity index (χ0n) is 16.0. The van der Waals surface area contributed by atoms with E-state index in [0.717, 1.165) is 24.8 Å². The summed E-state index contributed by atoms with van der Waals surface area (Å²) < 4.78 is 5.62. The lowest BCUT2D eigenvalue weighted by Crippen LogP contribution is -2.39. The van der Waals surface area contributed by atoms with Crippen molar-refractivity contribution in [3.05, 3.63) is 58.1 Å². The monoisotopic (exact) mass is 412 g/mol. The number of hydrogen-bond acceptors (Lipinski definition) is 4. The lowest BCUT2D eigenvalue weighted by atomic mass is 9.77. The Kier molecular flexibility index (Phi) is 4.95. The number of benzene rings is 2. The summed E-state index contributed by atoms with van der Waals surface area (Å²) in [4.78, 5) is 37.1. The SMILES string of the molecule is Cc1cc(-c2cccc(C(=O)O)c2)c(Cl)cc1C1C(=O)OC2(CCCCC2)C1=O. The van der Waals surface area contributed by atoms with Crippen molar-refractivity contribution in [1.82, 2.24) is 0 Å². The van der Waals surface area contributed by atoms with E-state index in [4.69, 9.17) is 16.3 Å².